The Kier molecular flexibility index (Phi) is 3.00. The second kappa shape index (κ2) is 5.15. The van der Waals surface area contributed by atoms with E-state index in [1.807, 2.05) is 48.7 Å². The summed E-state index contributed by atoms with van der Waals surface area (Å²) >= 11 is 0. The van der Waals surface area contributed by atoms with Gasteiger partial charge in [-0.05, 0) is 35.2 Å². The average Bonchev–Trinajstić information content (AvgIpc) is 2.99. The Balaban J connectivity index is 1.52. The lowest BCUT2D eigenvalue weighted by atomic mass is 10.1. The molecule has 108 valence electrons. The van der Waals surface area contributed by atoms with Crippen LogP contribution >= 0.6 is 0 Å². The third-order valence-corrected chi connectivity index (χ3v) is 4.00. The fourth-order valence-corrected chi connectivity index (χ4v) is 2.85. The van der Waals surface area contributed by atoms with E-state index >= 15 is 0 Å². The summed E-state index contributed by atoms with van der Waals surface area (Å²) in [5, 5.41) is 8.39. The standard InChI is InChI=1S/C18H15N3O/c22-18(17-10-13-3-1-2-4-16(13)21-17)20-15-6-5-14-11-19-8-7-12(14)9-15/h1-9,11,17,21H,10H2,(H,20,22). The van der Waals surface area contributed by atoms with Gasteiger partial charge in [0, 0.05) is 35.6 Å². The Bertz CT molecular complexity index is 835. The van der Waals surface area contributed by atoms with Crippen molar-refractivity contribution in [2.24, 2.45) is 0 Å². The zero-order valence-corrected chi connectivity index (χ0v) is 11.9. The fraction of sp³-hybridized carbons (Fsp3) is 0.111. The van der Waals surface area contributed by atoms with Crippen molar-refractivity contribution in [1.29, 1.82) is 0 Å². The van der Waals surface area contributed by atoms with Crippen molar-refractivity contribution in [3.05, 3.63) is 66.5 Å². The monoisotopic (exact) mass is 289 g/mol. The van der Waals surface area contributed by atoms with Crippen molar-refractivity contribution in [1.82, 2.24) is 4.98 Å². The van der Waals surface area contributed by atoms with Gasteiger partial charge in [-0.1, -0.05) is 24.3 Å². The minimum absolute atomic E-state index is 0.00962. The minimum Gasteiger partial charge on any atom is -0.373 e. The van der Waals surface area contributed by atoms with E-state index in [2.05, 4.69) is 21.7 Å². The molecule has 1 aromatic heterocycles. The first kappa shape index (κ1) is 12.8. The molecule has 1 amide bonds. The summed E-state index contributed by atoms with van der Waals surface area (Å²) in [6.07, 6.45) is 4.29. The zero-order chi connectivity index (χ0) is 14.9. The van der Waals surface area contributed by atoms with Gasteiger partial charge in [-0.25, -0.2) is 0 Å². The van der Waals surface area contributed by atoms with Crippen LogP contribution in [0.3, 0.4) is 0 Å². The van der Waals surface area contributed by atoms with Gasteiger partial charge >= 0.3 is 0 Å². The normalized spacial score (nSPS) is 16.1. The van der Waals surface area contributed by atoms with E-state index in [4.69, 9.17) is 0 Å². The number of hydrogen-bond donors (Lipinski definition) is 2. The van der Waals surface area contributed by atoms with Gasteiger partial charge in [-0.15, -0.1) is 0 Å². The Labute approximate surface area is 128 Å². The molecule has 22 heavy (non-hydrogen) atoms. The number of pyridine rings is 1. The number of benzene rings is 2. The number of amides is 1. The van der Waals surface area contributed by atoms with Gasteiger partial charge in [0.1, 0.15) is 6.04 Å². The van der Waals surface area contributed by atoms with Crippen LogP contribution in [0.4, 0.5) is 11.4 Å². The van der Waals surface area contributed by atoms with Crippen LogP contribution in [0.25, 0.3) is 10.8 Å². The van der Waals surface area contributed by atoms with Crippen molar-refractivity contribution < 1.29 is 4.79 Å². The van der Waals surface area contributed by atoms with Crippen molar-refractivity contribution >= 4 is 28.1 Å². The maximum atomic E-state index is 12.4. The molecule has 0 saturated heterocycles. The highest BCUT2D eigenvalue weighted by molar-refractivity contribution is 5.99. The molecule has 1 aliphatic rings. The van der Waals surface area contributed by atoms with Crippen molar-refractivity contribution in [2.75, 3.05) is 10.6 Å². The quantitative estimate of drug-likeness (QED) is 0.761. The predicted octanol–water partition coefficient (Wildman–Crippen LogP) is 3.21. The largest absolute Gasteiger partial charge is 0.373 e. The van der Waals surface area contributed by atoms with Gasteiger partial charge in [0.2, 0.25) is 5.91 Å². The number of aromatic nitrogens is 1. The molecule has 1 atom stereocenters. The molecule has 0 bridgehead atoms. The van der Waals surface area contributed by atoms with Crippen LogP contribution in [-0.2, 0) is 11.2 Å². The van der Waals surface area contributed by atoms with Gasteiger partial charge in [-0.3, -0.25) is 9.78 Å². The van der Waals surface area contributed by atoms with E-state index in [1.54, 1.807) is 6.20 Å². The molecule has 0 radical (unpaired) electrons. The van der Waals surface area contributed by atoms with Crippen LogP contribution in [-0.4, -0.2) is 16.9 Å². The van der Waals surface area contributed by atoms with Gasteiger partial charge in [-0.2, -0.15) is 0 Å². The molecule has 4 heteroatoms. The first-order valence-electron chi connectivity index (χ1n) is 7.29. The van der Waals surface area contributed by atoms with Crippen LogP contribution in [0.1, 0.15) is 5.56 Å². The Morgan fingerprint density at radius 2 is 2.05 bits per heavy atom. The zero-order valence-electron chi connectivity index (χ0n) is 11.9. The van der Waals surface area contributed by atoms with Gasteiger partial charge in [0.15, 0.2) is 0 Å². The molecule has 2 heterocycles. The average molecular weight is 289 g/mol. The third kappa shape index (κ3) is 2.29. The minimum atomic E-state index is -0.217. The highest BCUT2D eigenvalue weighted by Gasteiger charge is 2.26. The summed E-state index contributed by atoms with van der Waals surface area (Å²) in [5.41, 5.74) is 3.04. The van der Waals surface area contributed by atoms with Crippen LogP contribution < -0.4 is 10.6 Å². The fourth-order valence-electron chi connectivity index (χ4n) is 2.85. The summed E-state index contributed by atoms with van der Waals surface area (Å²) < 4.78 is 0. The Morgan fingerprint density at radius 1 is 1.14 bits per heavy atom. The Hall–Kier alpha value is -2.88. The first-order valence-corrected chi connectivity index (χ1v) is 7.29. The molecule has 4 rings (SSSR count). The molecule has 0 fully saturated rings. The number of para-hydroxylation sites is 1. The van der Waals surface area contributed by atoms with E-state index in [0.29, 0.717) is 0 Å². The lowest BCUT2D eigenvalue weighted by molar-refractivity contribution is -0.116. The molecule has 4 nitrogen and oxygen atoms in total. The molecular formula is C18H15N3O. The maximum Gasteiger partial charge on any atom is 0.247 e. The number of carbonyl (C=O) groups is 1. The first-order chi connectivity index (χ1) is 10.8. The van der Waals surface area contributed by atoms with Crippen LogP contribution in [0.5, 0.6) is 0 Å². The smallest absolute Gasteiger partial charge is 0.247 e. The van der Waals surface area contributed by atoms with E-state index in [0.717, 1.165) is 28.6 Å². The van der Waals surface area contributed by atoms with Gasteiger partial charge in [0.25, 0.3) is 0 Å². The second-order valence-corrected chi connectivity index (χ2v) is 5.49. The molecule has 0 spiro atoms. The van der Waals surface area contributed by atoms with Crippen LogP contribution in [0.15, 0.2) is 60.9 Å². The van der Waals surface area contributed by atoms with Crippen LogP contribution in [0.2, 0.25) is 0 Å². The number of fused-ring (bicyclic) bond motifs is 2. The number of carbonyl (C=O) groups excluding carboxylic acids is 1. The molecule has 1 unspecified atom stereocenters. The van der Waals surface area contributed by atoms with Gasteiger partial charge < -0.3 is 10.6 Å². The molecule has 2 aromatic carbocycles. The summed E-state index contributed by atoms with van der Waals surface area (Å²) in [6.45, 7) is 0. The molecular weight excluding hydrogens is 274 g/mol. The van der Waals surface area contributed by atoms with Crippen molar-refractivity contribution in [3.63, 3.8) is 0 Å². The number of hydrogen-bond acceptors (Lipinski definition) is 3. The number of nitrogens with one attached hydrogen (secondary N) is 2. The maximum absolute atomic E-state index is 12.4. The Morgan fingerprint density at radius 3 is 2.95 bits per heavy atom. The molecule has 1 aliphatic heterocycles. The summed E-state index contributed by atoms with van der Waals surface area (Å²) in [6, 6.07) is 15.6. The molecule has 2 N–H and O–H groups in total. The summed E-state index contributed by atoms with van der Waals surface area (Å²) in [5.74, 6) is -0.00962. The highest BCUT2D eigenvalue weighted by Crippen LogP contribution is 2.26. The second-order valence-electron chi connectivity index (χ2n) is 5.49. The highest BCUT2D eigenvalue weighted by atomic mass is 16.2. The molecule has 0 saturated carbocycles. The number of rotatable bonds is 2. The summed E-state index contributed by atoms with van der Waals surface area (Å²) in [4.78, 5) is 16.5. The van der Waals surface area contributed by atoms with Crippen molar-refractivity contribution in [2.45, 2.75) is 12.5 Å². The van der Waals surface area contributed by atoms with E-state index in [1.165, 1.54) is 5.56 Å². The lowest BCUT2D eigenvalue weighted by Crippen LogP contribution is -2.32. The van der Waals surface area contributed by atoms with E-state index < -0.39 is 0 Å². The van der Waals surface area contributed by atoms with Gasteiger partial charge in [0.05, 0.1) is 0 Å². The predicted molar refractivity (Wildman–Crippen MR) is 87.9 cm³/mol. The molecule has 3 aromatic rings. The SMILES string of the molecule is O=C(Nc1ccc2cnccc2c1)C1Cc2ccccc2N1. The van der Waals surface area contributed by atoms with Crippen LogP contribution in [0, 0.1) is 0 Å². The number of anilines is 2. The van der Waals surface area contributed by atoms with E-state index in [-0.39, 0.29) is 11.9 Å². The van der Waals surface area contributed by atoms with Crippen molar-refractivity contribution in [3.8, 4) is 0 Å². The summed E-state index contributed by atoms with van der Waals surface area (Å²) in [7, 11) is 0. The molecule has 0 aliphatic carbocycles. The number of nitrogens with zero attached hydrogens (tertiary/aromatic N) is 1. The third-order valence-electron chi connectivity index (χ3n) is 4.00. The lowest BCUT2D eigenvalue weighted by Gasteiger charge is -2.12. The topological polar surface area (TPSA) is 54.0 Å². The van der Waals surface area contributed by atoms with E-state index in [9.17, 15) is 4.79 Å².